The molecule has 20 heavy (non-hydrogen) atoms. The molecule has 1 atom stereocenters. The number of aliphatic hydroxyl groups is 1. The Kier molecular flexibility index (Phi) is 3.04. The Morgan fingerprint density at radius 2 is 1.95 bits per heavy atom. The van der Waals surface area contributed by atoms with E-state index in [2.05, 4.69) is 6.07 Å². The Hall–Kier alpha value is -1.32. The number of fused-ring (bicyclic) bond motifs is 1. The molecule has 0 bridgehead atoms. The number of hydrogen-bond acceptors (Lipinski definition) is 3. The first-order valence-electron chi connectivity index (χ1n) is 7.36. The van der Waals surface area contributed by atoms with E-state index in [1.807, 2.05) is 24.3 Å². The molecule has 1 saturated carbocycles. The Balaban J connectivity index is 1.52. The van der Waals surface area contributed by atoms with Gasteiger partial charge in [0.1, 0.15) is 11.9 Å². The summed E-state index contributed by atoms with van der Waals surface area (Å²) in [6, 6.07) is 10.1. The van der Waals surface area contributed by atoms with Crippen molar-refractivity contribution < 1.29 is 9.84 Å². The molecule has 4 rings (SSSR count). The first-order valence-corrected chi connectivity index (χ1v) is 8.17. The second kappa shape index (κ2) is 4.90. The predicted molar refractivity (Wildman–Crippen MR) is 80.5 cm³/mol. The molecule has 1 heterocycles. The lowest BCUT2D eigenvalue weighted by Gasteiger charge is -2.10. The van der Waals surface area contributed by atoms with Crippen LogP contribution in [0.1, 0.15) is 46.2 Å². The van der Waals surface area contributed by atoms with E-state index in [0.29, 0.717) is 6.10 Å². The molecular weight excluding hydrogens is 268 g/mol. The van der Waals surface area contributed by atoms with Crippen molar-refractivity contribution in [2.75, 3.05) is 0 Å². The smallest absolute Gasteiger partial charge is 0.119 e. The molecule has 0 radical (unpaired) electrons. The average molecular weight is 286 g/mol. The van der Waals surface area contributed by atoms with Gasteiger partial charge in [0.15, 0.2) is 0 Å². The highest BCUT2D eigenvalue weighted by Crippen LogP contribution is 2.36. The van der Waals surface area contributed by atoms with Crippen molar-refractivity contribution in [2.45, 2.75) is 44.3 Å². The standard InChI is InChI=1S/C17H18O2S/c18-17(16-10-12-2-1-3-15(12)20-16)11-4-6-13(7-5-11)19-14-8-9-14/h4-7,10,14,17-18H,1-3,8-9H2. The van der Waals surface area contributed by atoms with Crippen LogP contribution in [-0.4, -0.2) is 11.2 Å². The van der Waals surface area contributed by atoms with E-state index in [4.69, 9.17) is 4.74 Å². The number of aryl methyl sites for hydroxylation is 2. The summed E-state index contributed by atoms with van der Waals surface area (Å²) in [5.74, 6) is 0.914. The summed E-state index contributed by atoms with van der Waals surface area (Å²) in [4.78, 5) is 2.54. The van der Waals surface area contributed by atoms with Crippen LogP contribution in [0.3, 0.4) is 0 Å². The monoisotopic (exact) mass is 286 g/mol. The third kappa shape index (κ3) is 2.36. The molecule has 1 fully saturated rings. The highest BCUT2D eigenvalue weighted by Gasteiger charge is 2.24. The van der Waals surface area contributed by atoms with Crippen molar-refractivity contribution in [3.05, 3.63) is 51.2 Å². The van der Waals surface area contributed by atoms with Gasteiger partial charge in [0, 0.05) is 9.75 Å². The molecule has 0 amide bonds. The molecule has 0 aliphatic heterocycles. The summed E-state index contributed by atoms with van der Waals surface area (Å²) in [7, 11) is 0. The molecule has 0 saturated heterocycles. The Morgan fingerprint density at radius 3 is 2.65 bits per heavy atom. The predicted octanol–water partition coefficient (Wildman–Crippen LogP) is 3.86. The fourth-order valence-corrected chi connectivity index (χ4v) is 4.03. The zero-order valence-corrected chi connectivity index (χ0v) is 12.2. The van der Waals surface area contributed by atoms with Crippen molar-refractivity contribution >= 4 is 11.3 Å². The minimum atomic E-state index is -0.499. The Labute approximate surface area is 123 Å². The highest BCUT2D eigenvalue weighted by atomic mass is 32.1. The topological polar surface area (TPSA) is 29.5 Å². The Bertz CT molecular complexity index is 589. The van der Waals surface area contributed by atoms with Gasteiger partial charge in [-0.2, -0.15) is 0 Å². The number of thiophene rings is 1. The SMILES string of the molecule is OC(c1ccc(OC2CC2)cc1)c1cc2c(s1)CCC2. The molecule has 2 nitrogen and oxygen atoms in total. The summed E-state index contributed by atoms with van der Waals surface area (Å²) >= 11 is 1.77. The molecule has 1 N–H and O–H groups in total. The quantitative estimate of drug-likeness (QED) is 0.925. The normalized spacial score (nSPS) is 18.9. The molecule has 1 aromatic carbocycles. The molecule has 0 spiro atoms. The van der Waals surface area contributed by atoms with E-state index >= 15 is 0 Å². The van der Waals surface area contributed by atoms with Crippen molar-refractivity contribution in [3.63, 3.8) is 0 Å². The lowest BCUT2D eigenvalue weighted by molar-refractivity contribution is 0.224. The maximum atomic E-state index is 10.5. The summed E-state index contributed by atoms with van der Waals surface area (Å²) in [6.45, 7) is 0. The van der Waals surface area contributed by atoms with Crippen LogP contribution in [-0.2, 0) is 12.8 Å². The van der Waals surface area contributed by atoms with Crippen LogP contribution < -0.4 is 4.74 Å². The van der Waals surface area contributed by atoms with E-state index in [1.165, 1.54) is 42.5 Å². The van der Waals surface area contributed by atoms with Crippen LogP contribution >= 0.6 is 11.3 Å². The minimum Gasteiger partial charge on any atom is -0.490 e. The maximum Gasteiger partial charge on any atom is 0.119 e. The molecule has 3 heteroatoms. The minimum absolute atomic E-state index is 0.422. The highest BCUT2D eigenvalue weighted by molar-refractivity contribution is 7.12. The van der Waals surface area contributed by atoms with Crippen LogP contribution in [0, 0.1) is 0 Å². The van der Waals surface area contributed by atoms with E-state index in [-0.39, 0.29) is 0 Å². The Morgan fingerprint density at radius 1 is 1.15 bits per heavy atom. The summed E-state index contributed by atoms with van der Waals surface area (Å²) in [5.41, 5.74) is 2.39. The first kappa shape index (κ1) is 12.4. The number of rotatable bonds is 4. The van der Waals surface area contributed by atoms with Crippen molar-refractivity contribution in [1.29, 1.82) is 0 Å². The number of aliphatic hydroxyl groups excluding tert-OH is 1. The third-order valence-electron chi connectivity index (χ3n) is 4.06. The van der Waals surface area contributed by atoms with Crippen LogP contribution in [0.2, 0.25) is 0 Å². The first-order chi connectivity index (χ1) is 9.79. The lowest BCUT2D eigenvalue weighted by Crippen LogP contribution is -1.99. The van der Waals surface area contributed by atoms with Crippen LogP contribution in [0.25, 0.3) is 0 Å². The van der Waals surface area contributed by atoms with E-state index in [1.54, 1.807) is 11.3 Å². The van der Waals surface area contributed by atoms with Gasteiger partial charge < -0.3 is 9.84 Å². The summed E-state index contributed by atoms with van der Waals surface area (Å²) < 4.78 is 5.74. The second-order valence-electron chi connectivity index (χ2n) is 5.74. The van der Waals surface area contributed by atoms with E-state index in [9.17, 15) is 5.11 Å². The van der Waals surface area contributed by atoms with Gasteiger partial charge in [-0.25, -0.2) is 0 Å². The van der Waals surface area contributed by atoms with Gasteiger partial charge in [0.05, 0.1) is 6.10 Å². The van der Waals surface area contributed by atoms with Crippen molar-refractivity contribution in [3.8, 4) is 5.75 Å². The van der Waals surface area contributed by atoms with Gasteiger partial charge >= 0.3 is 0 Å². The molecule has 1 unspecified atom stereocenters. The van der Waals surface area contributed by atoms with Gasteiger partial charge in [-0.05, 0) is 61.4 Å². The lowest BCUT2D eigenvalue weighted by atomic mass is 10.1. The molecule has 1 aromatic heterocycles. The van der Waals surface area contributed by atoms with Crippen molar-refractivity contribution in [1.82, 2.24) is 0 Å². The fraction of sp³-hybridized carbons (Fsp3) is 0.412. The summed E-state index contributed by atoms with van der Waals surface area (Å²) in [5, 5.41) is 10.5. The van der Waals surface area contributed by atoms with Crippen LogP contribution in [0.5, 0.6) is 5.75 Å². The number of ether oxygens (including phenoxy) is 1. The van der Waals surface area contributed by atoms with Crippen LogP contribution in [0.15, 0.2) is 30.3 Å². The van der Waals surface area contributed by atoms with Gasteiger partial charge in [-0.15, -0.1) is 11.3 Å². The molecule has 2 aliphatic carbocycles. The second-order valence-corrected chi connectivity index (χ2v) is 6.91. The summed E-state index contributed by atoms with van der Waals surface area (Å²) in [6.07, 6.45) is 5.89. The number of hydrogen-bond donors (Lipinski definition) is 1. The number of benzene rings is 1. The zero-order valence-electron chi connectivity index (χ0n) is 11.3. The molecule has 2 aromatic rings. The maximum absolute atomic E-state index is 10.5. The fourth-order valence-electron chi connectivity index (χ4n) is 2.76. The van der Waals surface area contributed by atoms with E-state index in [0.717, 1.165) is 16.2 Å². The van der Waals surface area contributed by atoms with Gasteiger partial charge in [0.25, 0.3) is 0 Å². The van der Waals surface area contributed by atoms with Gasteiger partial charge in [-0.1, -0.05) is 12.1 Å². The molecule has 104 valence electrons. The molecule has 2 aliphatic rings. The molecular formula is C17H18O2S. The van der Waals surface area contributed by atoms with Gasteiger partial charge in [-0.3, -0.25) is 0 Å². The third-order valence-corrected chi connectivity index (χ3v) is 5.35. The zero-order chi connectivity index (χ0) is 13.5. The van der Waals surface area contributed by atoms with Gasteiger partial charge in [0.2, 0.25) is 0 Å². The van der Waals surface area contributed by atoms with Crippen molar-refractivity contribution in [2.24, 2.45) is 0 Å². The average Bonchev–Trinajstić information content (AvgIpc) is 3.00. The largest absolute Gasteiger partial charge is 0.490 e. The van der Waals surface area contributed by atoms with E-state index < -0.39 is 6.10 Å². The van der Waals surface area contributed by atoms with Crippen LogP contribution in [0.4, 0.5) is 0 Å².